The van der Waals surface area contributed by atoms with Crippen LogP contribution in [0.15, 0.2) is 46.8 Å². The van der Waals surface area contributed by atoms with E-state index in [1.165, 1.54) is 16.7 Å². The largest absolute Gasteiger partial charge is 0.383 e. The van der Waals surface area contributed by atoms with E-state index in [9.17, 15) is 4.79 Å². The van der Waals surface area contributed by atoms with Crippen molar-refractivity contribution in [3.8, 4) is 0 Å². The molecule has 2 aromatic rings. The number of fused-ring (bicyclic) bond motifs is 1. The minimum atomic E-state index is -0.363. The van der Waals surface area contributed by atoms with Gasteiger partial charge >= 0.3 is 0 Å². The van der Waals surface area contributed by atoms with E-state index in [0.717, 1.165) is 44.1 Å². The normalized spacial score (nSPS) is 24.7. The molecule has 7 nitrogen and oxygen atoms in total. The molecule has 1 saturated carbocycles. The molecule has 3 aliphatic carbocycles. The first-order valence-electron chi connectivity index (χ1n) is 12.4. The smallest absolute Gasteiger partial charge is 0.277 e. The fourth-order valence-electron chi connectivity index (χ4n) is 6.14. The molecule has 1 aromatic heterocycles. The van der Waals surface area contributed by atoms with Crippen molar-refractivity contribution in [2.24, 2.45) is 22.3 Å². The molecular formula is C27H36N6O. The summed E-state index contributed by atoms with van der Waals surface area (Å²) in [6.45, 7) is 3.09. The number of nitrogens with one attached hydrogen (secondary N) is 2. The fraction of sp³-hybridized carbons (Fsp3) is 0.481. The van der Waals surface area contributed by atoms with Crippen molar-refractivity contribution in [3.05, 3.63) is 74.6 Å². The van der Waals surface area contributed by atoms with Crippen LogP contribution in [0.2, 0.25) is 0 Å². The number of H-pyrrole nitrogens is 1. The second-order valence-corrected chi connectivity index (χ2v) is 10.5. The third-order valence-electron chi connectivity index (χ3n) is 8.32. The van der Waals surface area contributed by atoms with Crippen molar-refractivity contribution >= 4 is 11.5 Å². The van der Waals surface area contributed by atoms with Gasteiger partial charge in [0.05, 0.1) is 5.71 Å². The SMILES string of the molecule is Cc1ccc2c(c1)C(N)C(CCN)(CCn1[nH]c(N)c(C(=N)C3(C4=CCCC=C4)CC3)c1=O)C2. The molecule has 0 amide bonds. The van der Waals surface area contributed by atoms with E-state index in [-0.39, 0.29) is 28.2 Å². The molecule has 7 heteroatoms. The molecule has 5 rings (SSSR count). The molecule has 0 saturated heterocycles. The lowest BCUT2D eigenvalue weighted by atomic mass is 9.75. The van der Waals surface area contributed by atoms with Gasteiger partial charge in [-0.2, -0.15) is 0 Å². The summed E-state index contributed by atoms with van der Waals surface area (Å²) in [5.74, 6) is 0.282. The zero-order valence-corrected chi connectivity index (χ0v) is 20.0. The van der Waals surface area contributed by atoms with Crippen molar-refractivity contribution in [1.82, 2.24) is 9.78 Å². The number of anilines is 1. The van der Waals surface area contributed by atoms with E-state index >= 15 is 0 Å². The molecular weight excluding hydrogens is 424 g/mol. The van der Waals surface area contributed by atoms with Crippen molar-refractivity contribution < 1.29 is 0 Å². The van der Waals surface area contributed by atoms with E-state index in [4.69, 9.17) is 22.6 Å². The molecule has 34 heavy (non-hydrogen) atoms. The van der Waals surface area contributed by atoms with Crippen molar-refractivity contribution in [2.45, 2.75) is 64.5 Å². The number of allylic oxidation sites excluding steroid dienone is 4. The molecule has 0 aliphatic heterocycles. The van der Waals surface area contributed by atoms with Crippen LogP contribution in [0.25, 0.3) is 0 Å². The highest BCUT2D eigenvalue weighted by Gasteiger charge is 2.51. The van der Waals surface area contributed by atoms with Gasteiger partial charge in [0.1, 0.15) is 11.4 Å². The van der Waals surface area contributed by atoms with E-state index in [1.807, 2.05) is 0 Å². The Kier molecular flexibility index (Phi) is 5.65. The molecule has 180 valence electrons. The Morgan fingerprint density at radius 2 is 2.06 bits per heavy atom. The number of aryl methyl sites for hydroxylation is 2. The van der Waals surface area contributed by atoms with E-state index < -0.39 is 0 Å². The lowest BCUT2D eigenvalue weighted by Gasteiger charge is -2.33. The second-order valence-electron chi connectivity index (χ2n) is 10.5. The standard InChI is InChI=1S/C27H36N6O/c1-17-7-8-18-16-26(11-13-28,22(29)20(18)15-17)12-14-33-25(34)21(24(31)32-33)23(30)27(9-10-27)19-5-3-2-4-6-19/h3,5-8,15,22,30,32H,2,4,9-14,16,28-29,31H2,1H3. The highest BCUT2D eigenvalue weighted by Crippen LogP contribution is 2.55. The summed E-state index contributed by atoms with van der Waals surface area (Å²) in [6, 6.07) is 6.36. The first kappa shape index (κ1) is 22.9. The fourth-order valence-corrected chi connectivity index (χ4v) is 6.14. The molecule has 1 fully saturated rings. The zero-order valence-electron chi connectivity index (χ0n) is 20.0. The number of hydrogen-bond acceptors (Lipinski definition) is 5. The molecule has 2 unspecified atom stereocenters. The van der Waals surface area contributed by atoms with Crippen LogP contribution in [0, 0.1) is 23.2 Å². The molecule has 8 N–H and O–H groups in total. The molecule has 3 aliphatic rings. The Bertz CT molecular complexity index is 1240. The van der Waals surface area contributed by atoms with Gasteiger partial charge in [0.2, 0.25) is 0 Å². The minimum absolute atomic E-state index is 0.119. The Morgan fingerprint density at radius 3 is 2.74 bits per heavy atom. The molecule has 0 bridgehead atoms. The van der Waals surface area contributed by atoms with Gasteiger partial charge in [-0.05, 0) is 80.5 Å². The number of aromatic nitrogens is 2. The minimum Gasteiger partial charge on any atom is -0.383 e. The van der Waals surface area contributed by atoms with Crippen LogP contribution in [0.5, 0.6) is 0 Å². The van der Waals surface area contributed by atoms with E-state index in [2.05, 4.69) is 48.4 Å². The van der Waals surface area contributed by atoms with Gasteiger partial charge in [0, 0.05) is 18.0 Å². The Balaban J connectivity index is 1.39. The first-order chi connectivity index (χ1) is 16.3. The predicted molar refractivity (Wildman–Crippen MR) is 137 cm³/mol. The molecule has 1 heterocycles. The lowest BCUT2D eigenvalue weighted by Crippen LogP contribution is -2.36. The molecule has 0 radical (unpaired) electrons. The van der Waals surface area contributed by atoms with Crippen LogP contribution in [0.4, 0.5) is 5.82 Å². The summed E-state index contributed by atoms with van der Waals surface area (Å²) in [5, 5.41) is 12.0. The molecule has 1 aromatic carbocycles. The molecule has 2 atom stereocenters. The lowest BCUT2D eigenvalue weighted by molar-refractivity contribution is 0.194. The number of hydrogen-bond donors (Lipinski definition) is 5. The quantitative estimate of drug-likeness (QED) is 0.385. The summed E-state index contributed by atoms with van der Waals surface area (Å²) in [5.41, 5.74) is 23.8. The van der Waals surface area contributed by atoms with Crippen LogP contribution >= 0.6 is 0 Å². The monoisotopic (exact) mass is 460 g/mol. The Morgan fingerprint density at radius 1 is 1.26 bits per heavy atom. The maximum absolute atomic E-state index is 13.4. The number of nitrogen functional groups attached to an aromatic ring is 1. The predicted octanol–water partition coefficient (Wildman–Crippen LogP) is 3.47. The second kappa shape index (κ2) is 8.40. The van der Waals surface area contributed by atoms with Crippen molar-refractivity contribution in [1.29, 1.82) is 5.41 Å². The zero-order chi connectivity index (χ0) is 24.1. The highest BCUT2D eigenvalue weighted by molar-refractivity contribution is 6.09. The maximum Gasteiger partial charge on any atom is 0.277 e. The maximum atomic E-state index is 13.4. The summed E-state index contributed by atoms with van der Waals surface area (Å²) in [6.07, 6.45) is 12.6. The number of nitrogens with two attached hydrogens (primary N) is 3. The highest BCUT2D eigenvalue weighted by atomic mass is 16.1. The van der Waals surface area contributed by atoms with Crippen LogP contribution in [-0.2, 0) is 13.0 Å². The van der Waals surface area contributed by atoms with Gasteiger partial charge in [0.15, 0.2) is 0 Å². The summed E-state index contributed by atoms with van der Waals surface area (Å²) < 4.78 is 1.57. The molecule has 0 spiro atoms. The van der Waals surface area contributed by atoms with Gasteiger partial charge in [-0.15, -0.1) is 0 Å². The average molecular weight is 461 g/mol. The summed E-state index contributed by atoms with van der Waals surface area (Å²) in [4.78, 5) is 13.4. The van der Waals surface area contributed by atoms with Gasteiger partial charge in [0.25, 0.3) is 5.56 Å². The summed E-state index contributed by atoms with van der Waals surface area (Å²) in [7, 11) is 0. The van der Waals surface area contributed by atoms with Crippen LogP contribution < -0.4 is 22.8 Å². The number of nitrogens with zero attached hydrogens (tertiary/aromatic N) is 1. The van der Waals surface area contributed by atoms with Gasteiger partial charge in [-0.1, -0.05) is 42.0 Å². The number of benzene rings is 1. The van der Waals surface area contributed by atoms with Gasteiger partial charge in [-0.3, -0.25) is 14.6 Å². The van der Waals surface area contributed by atoms with Crippen molar-refractivity contribution in [2.75, 3.05) is 12.3 Å². The number of rotatable bonds is 8. The van der Waals surface area contributed by atoms with Crippen LogP contribution in [-0.4, -0.2) is 22.0 Å². The van der Waals surface area contributed by atoms with Gasteiger partial charge < -0.3 is 22.6 Å². The average Bonchev–Trinajstić information content (AvgIpc) is 3.54. The third kappa shape index (κ3) is 3.58. The van der Waals surface area contributed by atoms with E-state index in [1.54, 1.807) is 4.68 Å². The Labute approximate surface area is 200 Å². The van der Waals surface area contributed by atoms with Crippen LogP contribution in [0.1, 0.15) is 66.8 Å². The van der Waals surface area contributed by atoms with Crippen molar-refractivity contribution in [3.63, 3.8) is 0 Å². The van der Waals surface area contributed by atoms with Crippen LogP contribution in [0.3, 0.4) is 0 Å². The Hall–Kier alpha value is -2.90. The summed E-state index contributed by atoms with van der Waals surface area (Å²) >= 11 is 0. The number of aromatic amines is 1. The van der Waals surface area contributed by atoms with Gasteiger partial charge in [-0.25, -0.2) is 0 Å². The third-order valence-corrected chi connectivity index (χ3v) is 8.32. The first-order valence-corrected chi connectivity index (χ1v) is 12.4. The topological polar surface area (TPSA) is 140 Å². The van der Waals surface area contributed by atoms with E-state index in [0.29, 0.717) is 30.8 Å².